The molecule has 1 heterocycles. The van der Waals surface area contributed by atoms with Crippen LogP contribution in [0.25, 0.3) is 6.08 Å². The predicted molar refractivity (Wildman–Crippen MR) is 108 cm³/mol. The van der Waals surface area contributed by atoms with E-state index in [4.69, 9.17) is 4.84 Å². The second-order valence-electron chi connectivity index (χ2n) is 7.45. The number of halogens is 6. The number of ether oxygens (including phenoxy) is 2. The van der Waals surface area contributed by atoms with Crippen molar-refractivity contribution < 1.29 is 50.2 Å². The second-order valence-corrected chi connectivity index (χ2v) is 7.45. The van der Waals surface area contributed by atoms with E-state index in [-0.39, 0.29) is 11.6 Å². The second kappa shape index (κ2) is 10.9. The molecule has 0 saturated heterocycles. The zero-order chi connectivity index (χ0) is 25.6. The molecule has 0 aliphatic carbocycles. The highest BCUT2D eigenvalue weighted by molar-refractivity contribution is 5.88. The Hall–Kier alpha value is -3.02. The highest BCUT2D eigenvalue weighted by Gasteiger charge is 2.46. The summed E-state index contributed by atoms with van der Waals surface area (Å²) in [5, 5.41) is 0. The van der Waals surface area contributed by atoms with Gasteiger partial charge in [-0.2, -0.15) is 26.3 Å². The molecule has 0 amide bonds. The predicted octanol–water partition coefficient (Wildman–Crippen LogP) is 5.19. The number of esters is 2. The van der Waals surface area contributed by atoms with E-state index in [9.17, 15) is 35.9 Å². The largest absolute Gasteiger partial charge is 0.469 e. The van der Waals surface area contributed by atoms with Gasteiger partial charge in [-0.3, -0.25) is 15.1 Å². The van der Waals surface area contributed by atoms with Crippen LogP contribution in [0.1, 0.15) is 48.8 Å². The molecule has 1 aromatic rings. The summed E-state index contributed by atoms with van der Waals surface area (Å²) in [7, 11) is 2.31. The highest BCUT2D eigenvalue weighted by atomic mass is 19.4. The van der Waals surface area contributed by atoms with Crippen LogP contribution in [0.15, 0.2) is 36.0 Å². The van der Waals surface area contributed by atoms with Gasteiger partial charge in [0.05, 0.1) is 31.8 Å². The first kappa shape index (κ1) is 27.2. The van der Waals surface area contributed by atoms with E-state index < -0.39 is 47.4 Å². The zero-order valence-electron chi connectivity index (χ0n) is 18.3. The van der Waals surface area contributed by atoms with E-state index in [2.05, 4.69) is 15.0 Å². The Morgan fingerprint density at radius 3 is 2.35 bits per heavy atom. The third-order valence-electron chi connectivity index (χ3n) is 4.99. The van der Waals surface area contributed by atoms with E-state index in [1.54, 1.807) is 0 Å². The SMILES string of the molecule is COC(=O)CC1(C(=O)OC)C=C(CCCCC=Cc2ccc(C(F)(F)F)cc2C(F)(F)F)NO1. The smallest absolute Gasteiger partial charge is 0.417 e. The van der Waals surface area contributed by atoms with Crippen molar-refractivity contribution in [1.82, 2.24) is 5.48 Å². The summed E-state index contributed by atoms with van der Waals surface area (Å²) in [6.07, 6.45) is -4.37. The highest BCUT2D eigenvalue weighted by Crippen LogP contribution is 2.37. The van der Waals surface area contributed by atoms with Crippen LogP contribution in [-0.4, -0.2) is 31.8 Å². The van der Waals surface area contributed by atoms with Gasteiger partial charge in [-0.15, -0.1) is 0 Å². The molecule has 34 heavy (non-hydrogen) atoms. The summed E-state index contributed by atoms with van der Waals surface area (Å²) in [6, 6.07) is 1.50. The maximum absolute atomic E-state index is 13.2. The van der Waals surface area contributed by atoms with Crippen molar-refractivity contribution in [3.63, 3.8) is 0 Å². The number of hydrogen-bond acceptors (Lipinski definition) is 6. The monoisotopic (exact) mass is 495 g/mol. The number of methoxy groups -OCH3 is 2. The van der Waals surface area contributed by atoms with Crippen LogP contribution in [0, 0.1) is 0 Å². The first-order chi connectivity index (χ1) is 15.8. The van der Waals surface area contributed by atoms with Gasteiger partial charge in [0.15, 0.2) is 0 Å². The molecule has 1 unspecified atom stereocenters. The fourth-order valence-electron chi connectivity index (χ4n) is 3.25. The van der Waals surface area contributed by atoms with Crippen molar-refractivity contribution in [1.29, 1.82) is 0 Å². The van der Waals surface area contributed by atoms with Crippen LogP contribution in [0.3, 0.4) is 0 Å². The van der Waals surface area contributed by atoms with Crippen LogP contribution in [0.2, 0.25) is 0 Å². The van der Waals surface area contributed by atoms with Crippen molar-refractivity contribution in [2.45, 2.75) is 50.1 Å². The zero-order valence-corrected chi connectivity index (χ0v) is 18.3. The van der Waals surface area contributed by atoms with E-state index in [0.29, 0.717) is 37.4 Å². The molecule has 0 radical (unpaired) electrons. The third-order valence-corrected chi connectivity index (χ3v) is 4.99. The van der Waals surface area contributed by atoms with Gasteiger partial charge in [-0.1, -0.05) is 18.2 Å². The van der Waals surface area contributed by atoms with Crippen molar-refractivity contribution in [2.75, 3.05) is 14.2 Å². The lowest BCUT2D eigenvalue weighted by Gasteiger charge is -2.20. The summed E-state index contributed by atoms with van der Waals surface area (Å²) >= 11 is 0. The Morgan fingerprint density at radius 1 is 1.06 bits per heavy atom. The van der Waals surface area contributed by atoms with Crippen LogP contribution in [0.4, 0.5) is 26.3 Å². The quantitative estimate of drug-likeness (QED) is 0.289. The molecule has 1 N–H and O–H groups in total. The van der Waals surface area contributed by atoms with Gasteiger partial charge in [0.1, 0.15) is 0 Å². The molecule has 0 spiro atoms. The van der Waals surface area contributed by atoms with Gasteiger partial charge < -0.3 is 9.47 Å². The van der Waals surface area contributed by atoms with Gasteiger partial charge in [0.2, 0.25) is 5.60 Å². The normalized spacial score (nSPS) is 18.5. The van der Waals surface area contributed by atoms with Crippen LogP contribution in [-0.2, 0) is 36.3 Å². The lowest BCUT2D eigenvalue weighted by atomic mass is 9.98. The summed E-state index contributed by atoms with van der Waals surface area (Å²) in [6.45, 7) is 0. The van der Waals surface area contributed by atoms with Crippen LogP contribution in [0.5, 0.6) is 0 Å². The molecule has 1 atom stereocenters. The number of rotatable bonds is 9. The van der Waals surface area contributed by atoms with Gasteiger partial charge in [0.25, 0.3) is 0 Å². The summed E-state index contributed by atoms with van der Waals surface area (Å²) < 4.78 is 87.0. The van der Waals surface area contributed by atoms with E-state index in [0.717, 1.165) is 26.4 Å². The lowest BCUT2D eigenvalue weighted by molar-refractivity contribution is -0.173. The minimum atomic E-state index is -4.93. The Kier molecular flexibility index (Phi) is 8.76. The number of nitrogens with one attached hydrogen (secondary N) is 1. The fourth-order valence-corrected chi connectivity index (χ4v) is 3.25. The molecule has 12 heteroatoms. The van der Waals surface area contributed by atoms with Crippen LogP contribution >= 0.6 is 0 Å². The van der Waals surface area contributed by atoms with Gasteiger partial charge in [0, 0.05) is 5.70 Å². The summed E-state index contributed by atoms with van der Waals surface area (Å²) in [5.41, 5.74) is -1.67. The van der Waals surface area contributed by atoms with Gasteiger partial charge in [-0.25, -0.2) is 4.79 Å². The molecule has 0 aromatic heterocycles. The topological polar surface area (TPSA) is 73.9 Å². The number of hydroxylamine groups is 1. The van der Waals surface area contributed by atoms with Gasteiger partial charge >= 0.3 is 24.3 Å². The van der Waals surface area contributed by atoms with Crippen molar-refractivity contribution in [3.8, 4) is 0 Å². The number of benzene rings is 1. The molecular formula is C22H23F6NO5. The Morgan fingerprint density at radius 2 is 1.76 bits per heavy atom. The number of unbranched alkanes of at least 4 members (excludes halogenated alkanes) is 2. The van der Waals surface area contributed by atoms with Crippen LogP contribution < -0.4 is 5.48 Å². The van der Waals surface area contributed by atoms with Crippen molar-refractivity contribution >= 4 is 18.0 Å². The molecule has 0 saturated carbocycles. The molecule has 2 rings (SSSR count). The Balaban J connectivity index is 1.96. The standard InChI is InChI=1S/C22H23F6NO5/c1-32-18(30)13-20(19(31)33-2)12-16(29-34-20)8-6-4-3-5-7-14-9-10-15(21(23,24)25)11-17(14)22(26,27)28/h5,7,9-12,29H,3-4,6,8,13H2,1-2H3. The molecule has 6 nitrogen and oxygen atoms in total. The summed E-state index contributed by atoms with van der Waals surface area (Å²) in [4.78, 5) is 28.9. The average molecular weight is 495 g/mol. The molecule has 0 fully saturated rings. The number of carbonyl (C=O) groups is 2. The fraction of sp³-hybridized carbons (Fsp3) is 0.455. The maximum Gasteiger partial charge on any atom is 0.417 e. The number of alkyl halides is 6. The van der Waals surface area contributed by atoms with E-state index in [1.807, 2.05) is 0 Å². The minimum absolute atomic E-state index is 0.0970. The molecule has 1 aliphatic rings. The number of hydrogen-bond donors (Lipinski definition) is 1. The summed E-state index contributed by atoms with van der Waals surface area (Å²) in [5.74, 6) is -1.48. The molecule has 1 aliphatic heterocycles. The average Bonchev–Trinajstić information content (AvgIpc) is 3.17. The number of allylic oxidation sites excluding steroid dienone is 2. The molecule has 0 bridgehead atoms. The van der Waals surface area contributed by atoms with E-state index in [1.165, 1.54) is 12.2 Å². The maximum atomic E-state index is 13.2. The molecular weight excluding hydrogens is 472 g/mol. The number of carbonyl (C=O) groups excluding carboxylic acids is 2. The third kappa shape index (κ3) is 6.99. The van der Waals surface area contributed by atoms with E-state index >= 15 is 0 Å². The lowest BCUT2D eigenvalue weighted by Crippen LogP contribution is -2.42. The van der Waals surface area contributed by atoms with Gasteiger partial charge in [-0.05, 0) is 49.5 Å². The minimum Gasteiger partial charge on any atom is -0.469 e. The first-order valence-corrected chi connectivity index (χ1v) is 10.1. The first-order valence-electron chi connectivity index (χ1n) is 10.1. The Labute approximate surface area is 191 Å². The molecule has 1 aromatic carbocycles. The molecule has 188 valence electrons. The van der Waals surface area contributed by atoms with Crippen molar-refractivity contribution in [2.24, 2.45) is 0 Å². The Bertz CT molecular complexity index is 954. The van der Waals surface area contributed by atoms with Crippen molar-refractivity contribution in [3.05, 3.63) is 52.7 Å².